The zero-order valence-corrected chi connectivity index (χ0v) is 30.0. The summed E-state index contributed by atoms with van der Waals surface area (Å²) in [6.45, 7) is 4.41. The molecule has 4 N–H and O–H groups in total. The van der Waals surface area contributed by atoms with E-state index in [1.807, 2.05) is 18.2 Å². The number of carbonyl (C=O) groups excluding carboxylic acids is 1. The number of halogens is 5. The molecule has 7 nitrogen and oxygen atoms in total. The lowest BCUT2D eigenvalue weighted by Crippen LogP contribution is -2.59. The number of nitrogens with one attached hydrogen (secondary N) is 2. The van der Waals surface area contributed by atoms with Gasteiger partial charge in [0.1, 0.15) is 5.75 Å². The Kier molecular flexibility index (Phi) is 10.6. The molecule has 1 saturated carbocycles. The predicted molar refractivity (Wildman–Crippen MR) is 196 cm³/mol. The normalized spacial score (nSPS) is 22.0. The minimum Gasteiger partial charge on any atom is -0.406 e. The SMILES string of the molecule is NC1(C(=O)NCCCn2cc(-c3ccc(OC(F)(F)F)cc3)c3cc(CC4CC5CC(C4)N(Cc4c(Cl)cccc4Cl)C5)ccc32)CCNCC1. The van der Waals surface area contributed by atoms with Gasteiger partial charge in [-0.25, -0.2) is 0 Å². The maximum Gasteiger partial charge on any atom is 0.573 e. The molecule has 0 spiro atoms. The molecule has 12 heteroatoms. The number of ether oxygens (including phenoxy) is 1. The number of nitrogens with two attached hydrogens (primary N) is 1. The Bertz CT molecular complexity index is 1840. The second-order valence-electron chi connectivity index (χ2n) is 14.6. The third-order valence-electron chi connectivity index (χ3n) is 11.0. The van der Waals surface area contributed by atoms with Crippen LogP contribution in [-0.2, 0) is 24.3 Å². The number of aryl methyl sites for hydroxylation is 1. The van der Waals surface area contributed by atoms with E-state index in [0.717, 1.165) is 66.6 Å². The molecule has 2 saturated heterocycles. The average molecular weight is 743 g/mol. The molecule has 4 aromatic rings. The molecule has 1 aliphatic carbocycles. The van der Waals surface area contributed by atoms with Gasteiger partial charge in [-0.15, -0.1) is 13.2 Å². The molecule has 3 fully saturated rings. The quantitative estimate of drug-likeness (QED) is 0.136. The van der Waals surface area contributed by atoms with Crippen LogP contribution in [0.1, 0.15) is 49.7 Å². The fourth-order valence-corrected chi connectivity index (χ4v) is 9.00. The Morgan fingerprint density at radius 2 is 1.76 bits per heavy atom. The lowest BCUT2D eigenvalue weighted by molar-refractivity contribution is -0.274. The maximum atomic E-state index is 12.9. The van der Waals surface area contributed by atoms with Crippen LogP contribution in [0.4, 0.5) is 13.2 Å². The highest BCUT2D eigenvalue weighted by molar-refractivity contribution is 6.36. The first kappa shape index (κ1) is 36.1. The van der Waals surface area contributed by atoms with E-state index in [2.05, 4.69) is 49.2 Å². The van der Waals surface area contributed by atoms with Crippen molar-refractivity contribution in [2.75, 3.05) is 26.2 Å². The summed E-state index contributed by atoms with van der Waals surface area (Å²) in [5.74, 6) is 0.810. The fraction of sp³-hybridized carbons (Fsp3) is 0.462. The van der Waals surface area contributed by atoms with Gasteiger partial charge in [0.25, 0.3) is 0 Å². The minimum absolute atomic E-state index is 0.111. The zero-order chi connectivity index (χ0) is 35.8. The lowest BCUT2D eigenvalue weighted by atomic mass is 9.79. The topological polar surface area (TPSA) is 84.5 Å². The highest BCUT2D eigenvalue weighted by Crippen LogP contribution is 2.42. The summed E-state index contributed by atoms with van der Waals surface area (Å²) in [4.78, 5) is 15.4. The Balaban J connectivity index is 1.07. The van der Waals surface area contributed by atoms with Crippen molar-refractivity contribution in [3.8, 4) is 16.9 Å². The van der Waals surface area contributed by atoms with Crippen molar-refractivity contribution < 1.29 is 22.7 Å². The molecule has 3 unspecified atom stereocenters. The van der Waals surface area contributed by atoms with Gasteiger partial charge in [0, 0.05) is 70.5 Å². The monoisotopic (exact) mass is 741 g/mol. The van der Waals surface area contributed by atoms with Crippen LogP contribution < -0.4 is 21.1 Å². The summed E-state index contributed by atoms with van der Waals surface area (Å²) in [5.41, 5.74) is 10.6. The van der Waals surface area contributed by atoms with Gasteiger partial charge in [-0.05, 0) is 117 Å². The van der Waals surface area contributed by atoms with Gasteiger partial charge in [-0.2, -0.15) is 0 Å². The van der Waals surface area contributed by atoms with Gasteiger partial charge >= 0.3 is 6.36 Å². The van der Waals surface area contributed by atoms with Crippen LogP contribution in [0, 0.1) is 11.8 Å². The number of hydrogen-bond acceptors (Lipinski definition) is 5. The number of likely N-dealkylation sites (tertiary alicyclic amines) is 1. The van der Waals surface area contributed by atoms with Crippen molar-refractivity contribution in [1.29, 1.82) is 0 Å². The number of nitrogens with zero attached hydrogens (tertiary/aromatic N) is 2. The highest BCUT2D eigenvalue weighted by Gasteiger charge is 2.40. The number of amides is 1. The van der Waals surface area contributed by atoms with Crippen LogP contribution >= 0.6 is 23.2 Å². The summed E-state index contributed by atoms with van der Waals surface area (Å²) in [7, 11) is 0. The number of rotatable bonds is 11. The summed E-state index contributed by atoms with van der Waals surface area (Å²) >= 11 is 13.0. The number of benzene rings is 3. The minimum atomic E-state index is -4.75. The molecule has 0 radical (unpaired) electrons. The average Bonchev–Trinajstić information content (AvgIpc) is 3.59. The van der Waals surface area contributed by atoms with E-state index >= 15 is 0 Å². The highest BCUT2D eigenvalue weighted by atomic mass is 35.5. The Morgan fingerprint density at radius 1 is 1.02 bits per heavy atom. The molecule has 51 heavy (non-hydrogen) atoms. The van der Waals surface area contributed by atoms with E-state index in [-0.39, 0.29) is 11.7 Å². The summed E-state index contributed by atoms with van der Waals surface area (Å²) in [6, 6.07) is 18.8. The number of alkyl halides is 3. The number of carbonyl (C=O) groups is 1. The maximum absolute atomic E-state index is 12.9. The van der Waals surface area contributed by atoms with Crippen LogP contribution in [0.2, 0.25) is 10.0 Å². The van der Waals surface area contributed by atoms with E-state index in [9.17, 15) is 18.0 Å². The van der Waals surface area contributed by atoms with E-state index in [1.165, 1.54) is 30.5 Å². The van der Waals surface area contributed by atoms with E-state index in [4.69, 9.17) is 28.9 Å². The Hall–Kier alpha value is -3.28. The number of fused-ring (bicyclic) bond motifs is 3. The first-order valence-corrected chi connectivity index (χ1v) is 18.6. The van der Waals surface area contributed by atoms with Gasteiger partial charge in [0.2, 0.25) is 5.91 Å². The van der Waals surface area contributed by atoms with Crippen LogP contribution in [0.15, 0.2) is 66.9 Å². The van der Waals surface area contributed by atoms with E-state index in [1.54, 1.807) is 12.1 Å². The molecule has 3 atom stereocenters. The molecular formula is C39H44Cl2F3N5O2. The molecule has 3 aliphatic rings. The van der Waals surface area contributed by atoms with Gasteiger partial charge in [0.15, 0.2) is 0 Å². The second-order valence-corrected chi connectivity index (χ2v) is 15.4. The Morgan fingerprint density at radius 3 is 2.49 bits per heavy atom. The number of aromatic nitrogens is 1. The molecule has 1 aromatic heterocycles. The third-order valence-corrected chi connectivity index (χ3v) is 11.7. The van der Waals surface area contributed by atoms with Crippen molar-refractivity contribution in [1.82, 2.24) is 20.1 Å². The fourth-order valence-electron chi connectivity index (χ4n) is 8.49. The molecule has 2 aliphatic heterocycles. The number of piperidine rings is 1. The van der Waals surface area contributed by atoms with E-state index in [0.29, 0.717) is 60.3 Å². The van der Waals surface area contributed by atoms with Crippen molar-refractivity contribution >= 4 is 40.0 Å². The van der Waals surface area contributed by atoms with Crippen molar-refractivity contribution in [3.63, 3.8) is 0 Å². The zero-order valence-electron chi connectivity index (χ0n) is 28.5. The molecule has 2 bridgehead atoms. The number of hydrogen-bond donors (Lipinski definition) is 3. The van der Waals surface area contributed by atoms with Crippen LogP contribution in [-0.4, -0.2) is 59.5 Å². The molecule has 7 rings (SSSR count). The third kappa shape index (κ3) is 8.36. The first-order chi connectivity index (χ1) is 24.4. The second kappa shape index (κ2) is 15.0. The molecule has 3 heterocycles. The molecule has 1 amide bonds. The molecule has 272 valence electrons. The standard InChI is InChI=1S/C39H44Cl2F3N5O2/c40-34-3-1-4-35(41)33(34)24-49-22-27-18-26(19-29(49)20-27)17-25-5-10-36-31(21-25)32(28-6-8-30(9-7-28)51-39(42,43)44)23-48(36)16-2-13-47-37(50)38(45)11-14-46-15-12-38/h1,3-10,21,23,26-27,29,46H,2,11-20,22,24,45H2,(H,47,50). The van der Waals surface area contributed by atoms with Crippen molar-refractivity contribution in [2.45, 2.75) is 76.0 Å². The van der Waals surface area contributed by atoms with Crippen LogP contribution in [0.5, 0.6) is 5.75 Å². The largest absolute Gasteiger partial charge is 0.573 e. The van der Waals surface area contributed by atoms with Crippen molar-refractivity contribution in [2.24, 2.45) is 17.6 Å². The summed E-state index contributed by atoms with van der Waals surface area (Å²) in [6.07, 6.45) is 3.65. The van der Waals surface area contributed by atoms with Gasteiger partial charge in [0.05, 0.1) is 5.54 Å². The van der Waals surface area contributed by atoms with E-state index < -0.39 is 11.9 Å². The van der Waals surface area contributed by atoms with Gasteiger partial charge in [-0.3, -0.25) is 9.69 Å². The smallest absolute Gasteiger partial charge is 0.406 e. The molecule has 3 aromatic carbocycles. The van der Waals surface area contributed by atoms with Gasteiger partial charge < -0.3 is 25.7 Å². The van der Waals surface area contributed by atoms with Crippen LogP contribution in [0.3, 0.4) is 0 Å². The summed E-state index contributed by atoms with van der Waals surface area (Å²) in [5, 5.41) is 8.75. The van der Waals surface area contributed by atoms with Crippen molar-refractivity contribution in [3.05, 3.63) is 88.0 Å². The molecular weight excluding hydrogens is 698 g/mol. The lowest BCUT2D eigenvalue weighted by Gasteiger charge is -2.32. The summed E-state index contributed by atoms with van der Waals surface area (Å²) < 4.78 is 44.9. The van der Waals surface area contributed by atoms with Crippen LogP contribution in [0.25, 0.3) is 22.0 Å². The first-order valence-electron chi connectivity index (χ1n) is 17.9. The predicted octanol–water partition coefficient (Wildman–Crippen LogP) is 7.94. The van der Waals surface area contributed by atoms with Gasteiger partial charge in [-0.1, -0.05) is 47.5 Å². The Labute approximate surface area is 306 Å².